The molecular formula is C17H18N2O. The molecule has 1 aliphatic carbocycles. The van der Waals surface area contributed by atoms with Crippen molar-refractivity contribution < 1.29 is 4.79 Å². The van der Waals surface area contributed by atoms with Crippen LogP contribution in [0.4, 0.5) is 5.69 Å². The summed E-state index contributed by atoms with van der Waals surface area (Å²) in [4.78, 5) is 16.3. The Morgan fingerprint density at radius 2 is 1.80 bits per heavy atom. The highest BCUT2D eigenvalue weighted by atomic mass is 16.1. The van der Waals surface area contributed by atoms with Gasteiger partial charge in [-0.05, 0) is 38.5 Å². The van der Waals surface area contributed by atoms with Crippen molar-refractivity contribution in [2.45, 2.75) is 25.8 Å². The van der Waals surface area contributed by atoms with E-state index in [1.54, 1.807) is 12.2 Å². The number of anilines is 1. The minimum absolute atomic E-state index is 0.0284. The van der Waals surface area contributed by atoms with Gasteiger partial charge in [0, 0.05) is 11.3 Å². The van der Waals surface area contributed by atoms with Gasteiger partial charge in [0.25, 0.3) is 0 Å². The average Bonchev–Trinajstić information content (AvgIpc) is 2.65. The van der Waals surface area contributed by atoms with E-state index in [-0.39, 0.29) is 16.7 Å². The SMILES string of the molecule is CC1(C)CC2(C=CC(=O)C=C2)C(c2ccccc2N)=N1. The highest BCUT2D eigenvalue weighted by Gasteiger charge is 2.45. The molecule has 1 aromatic rings. The lowest BCUT2D eigenvalue weighted by atomic mass is 9.73. The van der Waals surface area contributed by atoms with Crippen LogP contribution in [0.25, 0.3) is 0 Å². The number of benzene rings is 1. The molecule has 102 valence electrons. The summed E-state index contributed by atoms with van der Waals surface area (Å²) in [7, 11) is 0. The Hall–Kier alpha value is -2.16. The van der Waals surface area contributed by atoms with Crippen LogP contribution in [0.1, 0.15) is 25.8 Å². The number of aliphatic imine (C=N–C) groups is 1. The van der Waals surface area contributed by atoms with Gasteiger partial charge in [-0.25, -0.2) is 0 Å². The van der Waals surface area contributed by atoms with Crippen molar-refractivity contribution in [3.05, 3.63) is 54.1 Å². The van der Waals surface area contributed by atoms with Gasteiger partial charge < -0.3 is 5.73 Å². The summed E-state index contributed by atoms with van der Waals surface area (Å²) < 4.78 is 0. The van der Waals surface area contributed by atoms with Gasteiger partial charge in [0.05, 0.1) is 16.7 Å². The Morgan fingerprint density at radius 1 is 1.15 bits per heavy atom. The summed E-state index contributed by atoms with van der Waals surface area (Å²) >= 11 is 0. The molecule has 0 radical (unpaired) electrons. The summed E-state index contributed by atoms with van der Waals surface area (Å²) in [5.74, 6) is 0.0284. The van der Waals surface area contributed by atoms with Gasteiger partial charge in [-0.15, -0.1) is 0 Å². The maximum Gasteiger partial charge on any atom is 0.178 e. The number of carbonyl (C=O) groups excluding carboxylic acids is 1. The number of nitrogen functional groups attached to an aromatic ring is 1. The molecule has 2 aliphatic rings. The van der Waals surface area contributed by atoms with E-state index in [4.69, 9.17) is 10.7 Å². The Morgan fingerprint density at radius 3 is 2.45 bits per heavy atom. The first kappa shape index (κ1) is 12.9. The highest BCUT2D eigenvalue weighted by Crippen LogP contribution is 2.45. The molecule has 0 atom stereocenters. The lowest BCUT2D eigenvalue weighted by Gasteiger charge is -2.28. The quantitative estimate of drug-likeness (QED) is 0.795. The van der Waals surface area contributed by atoms with Crippen molar-refractivity contribution in [1.82, 2.24) is 0 Å². The first-order chi connectivity index (χ1) is 9.42. The van der Waals surface area contributed by atoms with Crippen molar-refractivity contribution in [3.8, 4) is 0 Å². The molecule has 1 spiro atoms. The van der Waals surface area contributed by atoms with E-state index in [0.717, 1.165) is 23.4 Å². The number of para-hydroxylation sites is 1. The second kappa shape index (κ2) is 4.17. The summed E-state index contributed by atoms with van der Waals surface area (Å²) in [6.07, 6.45) is 8.06. The van der Waals surface area contributed by atoms with E-state index in [2.05, 4.69) is 13.8 Å². The van der Waals surface area contributed by atoms with Gasteiger partial charge in [0.1, 0.15) is 0 Å². The molecule has 0 saturated heterocycles. The lowest BCUT2D eigenvalue weighted by molar-refractivity contribution is -0.110. The molecule has 0 saturated carbocycles. The molecule has 1 aliphatic heterocycles. The van der Waals surface area contributed by atoms with Gasteiger partial charge in [0.15, 0.2) is 5.78 Å². The van der Waals surface area contributed by atoms with E-state index in [1.165, 1.54) is 0 Å². The molecular weight excluding hydrogens is 248 g/mol. The van der Waals surface area contributed by atoms with Crippen LogP contribution in [0.15, 0.2) is 53.6 Å². The summed E-state index contributed by atoms with van der Waals surface area (Å²) in [5.41, 5.74) is 8.28. The number of nitrogens with two attached hydrogens (primary N) is 1. The third kappa shape index (κ3) is 1.99. The van der Waals surface area contributed by atoms with Gasteiger partial charge in [-0.1, -0.05) is 30.4 Å². The van der Waals surface area contributed by atoms with Crippen LogP contribution in [0.2, 0.25) is 0 Å². The van der Waals surface area contributed by atoms with E-state index in [9.17, 15) is 4.79 Å². The van der Waals surface area contributed by atoms with Crippen molar-refractivity contribution in [1.29, 1.82) is 0 Å². The number of ketones is 1. The van der Waals surface area contributed by atoms with Gasteiger partial charge in [0.2, 0.25) is 0 Å². The van der Waals surface area contributed by atoms with Crippen LogP contribution in [-0.2, 0) is 4.79 Å². The van der Waals surface area contributed by atoms with Crippen LogP contribution in [0.3, 0.4) is 0 Å². The standard InChI is InChI=1S/C17H18N2O/c1-16(2)11-17(9-7-12(20)8-10-17)15(19-16)13-5-3-4-6-14(13)18/h3-10H,11,18H2,1-2H3. The molecule has 1 aromatic carbocycles. The van der Waals surface area contributed by atoms with Crippen molar-refractivity contribution >= 4 is 17.2 Å². The molecule has 2 N–H and O–H groups in total. The maximum atomic E-state index is 11.4. The summed E-state index contributed by atoms with van der Waals surface area (Å²) in [5, 5.41) is 0. The predicted octanol–water partition coefficient (Wildman–Crippen LogP) is 2.92. The lowest BCUT2D eigenvalue weighted by Crippen LogP contribution is -2.29. The Bertz CT molecular complexity index is 649. The van der Waals surface area contributed by atoms with E-state index >= 15 is 0 Å². The molecule has 0 aromatic heterocycles. The van der Waals surface area contributed by atoms with Crippen LogP contribution in [0, 0.1) is 5.41 Å². The van der Waals surface area contributed by atoms with Crippen molar-refractivity contribution in [2.75, 3.05) is 5.73 Å². The first-order valence-electron chi connectivity index (χ1n) is 6.80. The largest absolute Gasteiger partial charge is 0.398 e. The number of hydrogen-bond acceptors (Lipinski definition) is 3. The van der Waals surface area contributed by atoms with Gasteiger partial charge in [-0.2, -0.15) is 0 Å². The van der Waals surface area contributed by atoms with Gasteiger partial charge >= 0.3 is 0 Å². The second-order valence-corrected chi connectivity index (χ2v) is 6.15. The zero-order valence-corrected chi connectivity index (χ0v) is 11.8. The van der Waals surface area contributed by atoms with Crippen LogP contribution < -0.4 is 5.73 Å². The summed E-state index contributed by atoms with van der Waals surface area (Å²) in [6.45, 7) is 4.22. The number of carbonyl (C=O) groups is 1. The minimum atomic E-state index is -0.313. The number of hydrogen-bond donors (Lipinski definition) is 1. The molecule has 0 fully saturated rings. The van der Waals surface area contributed by atoms with Crippen molar-refractivity contribution in [3.63, 3.8) is 0 Å². The Kier molecular flexibility index (Phi) is 2.68. The van der Waals surface area contributed by atoms with Gasteiger partial charge in [-0.3, -0.25) is 9.79 Å². The predicted molar refractivity (Wildman–Crippen MR) is 81.8 cm³/mol. The third-order valence-electron chi connectivity index (χ3n) is 3.89. The molecule has 0 unspecified atom stereocenters. The second-order valence-electron chi connectivity index (χ2n) is 6.15. The zero-order valence-electron chi connectivity index (χ0n) is 11.8. The van der Waals surface area contributed by atoms with Crippen LogP contribution in [0.5, 0.6) is 0 Å². The third-order valence-corrected chi connectivity index (χ3v) is 3.89. The average molecular weight is 266 g/mol. The van der Waals surface area contributed by atoms with E-state index in [1.807, 2.05) is 36.4 Å². The zero-order chi connectivity index (χ0) is 14.4. The maximum absolute atomic E-state index is 11.4. The first-order valence-corrected chi connectivity index (χ1v) is 6.80. The monoisotopic (exact) mass is 266 g/mol. The molecule has 3 rings (SSSR count). The van der Waals surface area contributed by atoms with Crippen LogP contribution in [-0.4, -0.2) is 17.0 Å². The van der Waals surface area contributed by atoms with Crippen LogP contribution >= 0.6 is 0 Å². The fourth-order valence-corrected chi connectivity index (χ4v) is 3.12. The molecule has 3 nitrogen and oxygen atoms in total. The Labute approximate surface area is 118 Å². The molecule has 0 amide bonds. The molecule has 20 heavy (non-hydrogen) atoms. The fourth-order valence-electron chi connectivity index (χ4n) is 3.12. The molecule has 0 bridgehead atoms. The normalized spacial score (nSPS) is 22.3. The topological polar surface area (TPSA) is 55.5 Å². The highest BCUT2D eigenvalue weighted by molar-refractivity contribution is 6.14. The number of nitrogens with zero attached hydrogens (tertiary/aromatic N) is 1. The fraction of sp³-hybridized carbons (Fsp3) is 0.294. The Balaban J connectivity index is 2.16. The smallest absolute Gasteiger partial charge is 0.178 e. The molecule has 1 heterocycles. The number of rotatable bonds is 1. The van der Waals surface area contributed by atoms with E-state index < -0.39 is 0 Å². The van der Waals surface area contributed by atoms with E-state index in [0.29, 0.717) is 0 Å². The minimum Gasteiger partial charge on any atom is -0.398 e. The number of allylic oxidation sites excluding steroid dienone is 4. The molecule has 3 heteroatoms. The van der Waals surface area contributed by atoms with Crippen molar-refractivity contribution in [2.24, 2.45) is 10.4 Å². The summed E-state index contributed by atoms with van der Waals surface area (Å²) in [6, 6.07) is 7.77.